The van der Waals surface area contributed by atoms with Crippen molar-refractivity contribution in [3.63, 3.8) is 0 Å². The molecule has 0 saturated carbocycles. The van der Waals surface area contributed by atoms with Gasteiger partial charge in [0.25, 0.3) is 11.8 Å². The summed E-state index contributed by atoms with van der Waals surface area (Å²) in [6.45, 7) is 14.1. The smallest absolute Gasteiger partial charge is 0.253 e. The van der Waals surface area contributed by atoms with Gasteiger partial charge in [0.15, 0.2) is 0 Å². The van der Waals surface area contributed by atoms with Crippen molar-refractivity contribution >= 4 is 11.8 Å². The van der Waals surface area contributed by atoms with Crippen molar-refractivity contribution in [3.05, 3.63) is 12.2 Å². The van der Waals surface area contributed by atoms with Crippen molar-refractivity contribution in [3.8, 4) is 0 Å². The molecular formula is C30H55NO14. The Bertz CT molecular complexity index is 682. The summed E-state index contributed by atoms with van der Waals surface area (Å²) in [6, 6.07) is 0. The van der Waals surface area contributed by atoms with Crippen LogP contribution in [-0.4, -0.2) is 182 Å². The molecule has 0 N–H and O–H groups in total. The normalized spacial score (nSPS) is 13.1. The van der Waals surface area contributed by atoms with Crippen molar-refractivity contribution in [2.45, 2.75) is 6.92 Å². The lowest BCUT2D eigenvalue weighted by Crippen LogP contribution is -2.33. The zero-order chi connectivity index (χ0) is 32.3. The van der Waals surface area contributed by atoms with E-state index >= 15 is 0 Å². The van der Waals surface area contributed by atoms with Crippen LogP contribution in [0.3, 0.4) is 0 Å². The summed E-state index contributed by atoms with van der Waals surface area (Å²) in [4.78, 5) is 23.9. The fourth-order valence-corrected chi connectivity index (χ4v) is 3.37. The van der Waals surface area contributed by atoms with Crippen LogP contribution in [0.1, 0.15) is 6.92 Å². The largest absolute Gasteiger partial charge is 0.379 e. The van der Waals surface area contributed by atoms with E-state index in [1.54, 1.807) is 0 Å². The number of hydrogen-bond acceptors (Lipinski definition) is 14. The standard InChI is InChI=1S/C30H55NO14/c1-2-34-7-8-36-11-12-38-15-16-40-19-20-42-23-24-44-27-28-45-26-25-43-22-21-41-18-17-39-14-13-37-10-9-35-6-5-31-29(32)3-4-30(31)33/h3-4H,2,5-28H2,1H3. The van der Waals surface area contributed by atoms with E-state index < -0.39 is 0 Å². The molecule has 1 rings (SSSR count). The highest BCUT2D eigenvalue weighted by Gasteiger charge is 2.22. The minimum Gasteiger partial charge on any atom is -0.379 e. The summed E-state index contributed by atoms with van der Waals surface area (Å²) in [6.07, 6.45) is 2.51. The number of rotatable bonds is 37. The Morgan fingerprint density at radius 3 is 0.778 bits per heavy atom. The van der Waals surface area contributed by atoms with Gasteiger partial charge in [0.05, 0.1) is 159 Å². The number of carbonyl (C=O) groups excluding carboxylic acids is 2. The van der Waals surface area contributed by atoms with Crippen LogP contribution in [0, 0.1) is 0 Å². The van der Waals surface area contributed by atoms with E-state index in [1.165, 1.54) is 12.2 Å². The van der Waals surface area contributed by atoms with Crippen molar-refractivity contribution in [2.24, 2.45) is 0 Å². The summed E-state index contributed by atoms with van der Waals surface area (Å²) in [5.41, 5.74) is 0. The number of ether oxygens (including phenoxy) is 12. The second-order valence-corrected chi connectivity index (χ2v) is 9.09. The monoisotopic (exact) mass is 653 g/mol. The topological polar surface area (TPSA) is 148 Å². The van der Waals surface area contributed by atoms with Gasteiger partial charge in [0.1, 0.15) is 0 Å². The van der Waals surface area contributed by atoms with Crippen molar-refractivity contribution in [1.29, 1.82) is 0 Å². The fourth-order valence-electron chi connectivity index (χ4n) is 3.37. The summed E-state index contributed by atoms with van der Waals surface area (Å²) < 4.78 is 64.9. The molecule has 0 aliphatic carbocycles. The molecule has 0 bridgehead atoms. The Morgan fingerprint density at radius 2 is 0.556 bits per heavy atom. The molecule has 45 heavy (non-hydrogen) atoms. The number of carbonyl (C=O) groups is 2. The molecule has 1 heterocycles. The third-order valence-corrected chi connectivity index (χ3v) is 5.66. The first kappa shape index (κ1) is 41.4. The first-order valence-electron chi connectivity index (χ1n) is 15.7. The molecule has 0 saturated heterocycles. The lowest BCUT2D eigenvalue weighted by atomic mass is 10.5. The fraction of sp³-hybridized carbons (Fsp3) is 0.867. The van der Waals surface area contributed by atoms with Crippen LogP contribution in [-0.2, 0) is 66.4 Å². The number of nitrogens with zero attached hydrogens (tertiary/aromatic N) is 1. The maximum Gasteiger partial charge on any atom is 0.253 e. The molecule has 15 heteroatoms. The van der Waals surface area contributed by atoms with Crippen LogP contribution in [0.5, 0.6) is 0 Å². The molecule has 264 valence electrons. The maximum atomic E-state index is 11.4. The molecule has 0 aromatic heterocycles. The molecule has 0 aromatic carbocycles. The van der Waals surface area contributed by atoms with Crippen molar-refractivity contribution < 1.29 is 66.4 Å². The van der Waals surface area contributed by atoms with Gasteiger partial charge in [-0.3, -0.25) is 14.5 Å². The van der Waals surface area contributed by atoms with E-state index in [-0.39, 0.29) is 25.0 Å². The summed E-state index contributed by atoms with van der Waals surface area (Å²) in [5.74, 6) is -0.613. The molecule has 0 aromatic rings. The van der Waals surface area contributed by atoms with Gasteiger partial charge in [-0.05, 0) is 6.92 Å². The first-order valence-corrected chi connectivity index (χ1v) is 15.7. The molecule has 0 radical (unpaired) electrons. The summed E-state index contributed by atoms with van der Waals surface area (Å²) in [7, 11) is 0. The predicted molar refractivity (Wildman–Crippen MR) is 161 cm³/mol. The highest BCUT2D eigenvalue weighted by Crippen LogP contribution is 2.02. The first-order chi connectivity index (χ1) is 22.3. The van der Waals surface area contributed by atoms with Crippen LogP contribution in [0.2, 0.25) is 0 Å². The predicted octanol–water partition coefficient (Wildman–Crippen LogP) is 0.131. The quantitative estimate of drug-likeness (QED) is 0.0661. The molecule has 2 amide bonds. The van der Waals surface area contributed by atoms with Crippen LogP contribution in [0.15, 0.2) is 12.2 Å². The highest BCUT2D eigenvalue weighted by molar-refractivity contribution is 6.12. The minimum atomic E-state index is -0.306. The molecule has 0 fully saturated rings. The van der Waals surface area contributed by atoms with E-state index in [9.17, 15) is 9.59 Å². The Balaban J connectivity index is 1.62. The maximum absolute atomic E-state index is 11.4. The Hall–Kier alpha value is -1.60. The van der Waals surface area contributed by atoms with E-state index in [2.05, 4.69) is 0 Å². The lowest BCUT2D eigenvalue weighted by molar-refractivity contribution is -0.137. The third kappa shape index (κ3) is 28.4. The van der Waals surface area contributed by atoms with Crippen molar-refractivity contribution in [2.75, 3.05) is 165 Å². The van der Waals surface area contributed by atoms with Gasteiger partial charge in [-0.25, -0.2) is 0 Å². The van der Waals surface area contributed by atoms with E-state index in [0.717, 1.165) is 4.90 Å². The van der Waals surface area contributed by atoms with Gasteiger partial charge in [0.2, 0.25) is 0 Å². The van der Waals surface area contributed by atoms with Crippen molar-refractivity contribution in [1.82, 2.24) is 4.90 Å². The van der Waals surface area contributed by atoms with Gasteiger partial charge in [0, 0.05) is 18.8 Å². The molecule has 0 unspecified atom stereocenters. The average molecular weight is 654 g/mol. The van der Waals surface area contributed by atoms with E-state index in [0.29, 0.717) is 152 Å². The van der Waals surface area contributed by atoms with E-state index in [1.807, 2.05) is 6.92 Å². The second kappa shape index (κ2) is 33.8. The van der Waals surface area contributed by atoms with Crippen LogP contribution in [0.25, 0.3) is 0 Å². The molecule has 1 aliphatic rings. The summed E-state index contributed by atoms with van der Waals surface area (Å²) in [5, 5.41) is 0. The Kier molecular flexibility index (Phi) is 31.1. The van der Waals surface area contributed by atoms with Gasteiger partial charge < -0.3 is 56.8 Å². The van der Waals surface area contributed by atoms with Gasteiger partial charge in [-0.2, -0.15) is 0 Å². The zero-order valence-corrected chi connectivity index (χ0v) is 27.0. The van der Waals surface area contributed by atoms with Crippen LogP contribution < -0.4 is 0 Å². The molecular weight excluding hydrogens is 598 g/mol. The number of amides is 2. The molecule has 1 aliphatic heterocycles. The van der Waals surface area contributed by atoms with Crippen LogP contribution in [0.4, 0.5) is 0 Å². The SMILES string of the molecule is CCOCCOCCOCCOCCOCCOCCOCCOCCOCCOCCOCCOCCN1C(=O)C=CC1=O. The summed E-state index contributed by atoms with van der Waals surface area (Å²) >= 11 is 0. The Morgan fingerprint density at radius 1 is 0.356 bits per heavy atom. The number of imide groups is 1. The lowest BCUT2D eigenvalue weighted by Gasteiger charge is -2.13. The average Bonchev–Trinajstić information content (AvgIpc) is 3.37. The van der Waals surface area contributed by atoms with E-state index in [4.69, 9.17) is 56.8 Å². The highest BCUT2D eigenvalue weighted by atomic mass is 16.6. The molecule has 0 atom stereocenters. The van der Waals surface area contributed by atoms with Gasteiger partial charge in [-0.1, -0.05) is 0 Å². The number of hydrogen-bond donors (Lipinski definition) is 0. The second-order valence-electron chi connectivity index (χ2n) is 9.09. The molecule has 15 nitrogen and oxygen atoms in total. The minimum absolute atomic E-state index is 0.240. The van der Waals surface area contributed by atoms with Gasteiger partial charge in [-0.15, -0.1) is 0 Å². The molecule has 0 spiro atoms. The zero-order valence-electron chi connectivity index (χ0n) is 27.0. The Labute approximate surface area is 267 Å². The van der Waals surface area contributed by atoms with Crippen LogP contribution >= 0.6 is 0 Å². The van der Waals surface area contributed by atoms with Gasteiger partial charge >= 0.3 is 0 Å². The third-order valence-electron chi connectivity index (χ3n) is 5.66.